The first kappa shape index (κ1) is 23.5. The quantitative estimate of drug-likeness (QED) is 0.297. The van der Waals surface area contributed by atoms with E-state index in [2.05, 4.69) is 0 Å². The molecule has 0 aromatic carbocycles. The summed E-state index contributed by atoms with van der Waals surface area (Å²) in [7, 11) is -4.37. The van der Waals surface area contributed by atoms with Crippen LogP contribution >= 0.6 is 7.60 Å². The summed E-state index contributed by atoms with van der Waals surface area (Å²) < 4.78 is 21.2. The molecule has 1 aliphatic rings. The van der Waals surface area contributed by atoms with Crippen LogP contribution in [0, 0.1) is 0 Å². The first-order valence-corrected chi connectivity index (χ1v) is 7.51. The zero-order chi connectivity index (χ0) is 15.6. The molecule has 1 aliphatic heterocycles. The van der Waals surface area contributed by atoms with Crippen molar-refractivity contribution in [2.45, 2.75) is 18.5 Å². The van der Waals surface area contributed by atoms with Crippen molar-refractivity contribution < 1.29 is 33.8 Å². The Labute approximate surface area is 173 Å². The number of hydrogen-bond acceptors (Lipinski definition) is 7. The molecule has 0 spiro atoms. The number of ether oxygens (including phenoxy) is 2. The molecular weight excluding hydrogens is 357 g/mol. The molecule has 1 aromatic rings. The van der Waals surface area contributed by atoms with Crippen molar-refractivity contribution >= 4 is 66.7 Å². The Morgan fingerprint density at radius 1 is 1.39 bits per heavy atom. The number of nitrogens with zero attached hydrogens (tertiary/aromatic N) is 1. The van der Waals surface area contributed by atoms with Crippen LogP contribution in [0.3, 0.4) is 0 Å². The monoisotopic (exact) mass is 372 g/mol. The van der Waals surface area contributed by atoms with Gasteiger partial charge in [0.2, 0.25) is 0 Å². The molecule has 11 nitrogen and oxygen atoms in total. The molecular formula is C9H15N2Na2O9P. The van der Waals surface area contributed by atoms with Gasteiger partial charge in [0.25, 0.3) is 11.8 Å². The van der Waals surface area contributed by atoms with E-state index in [1.165, 1.54) is 0 Å². The molecule has 4 N–H and O–H groups in total. The topological polar surface area (TPSA) is 160 Å². The summed E-state index contributed by atoms with van der Waals surface area (Å²) in [6.07, 6.45) is -3.49. The molecule has 0 saturated carbocycles. The average Bonchev–Trinajstić information content (AvgIpc) is 2.71. The van der Waals surface area contributed by atoms with Gasteiger partial charge >= 0.3 is 72.4 Å². The van der Waals surface area contributed by atoms with Crippen molar-refractivity contribution in [3.63, 3.8) is 0 Å². The van der Waals surface area contributed by atoms with Crippen LogP contribution in [0.5, 0.6) is 0 Å². The van der Waals surface area contributed by atoms with E-state index >= 15 is 0 Å². The van der Waals surface area contributed by atoms with Crippen LogP contribution in [0.1, 0.15) is 0 Å². The van der Waals surface area contributed by atoms with Crippen LogP contribution in [0.4, 0.5) is 0 Å². The Morgan fingerprint density at radius 2 is 2.04 bits per heavy atom. The molecule has 2 rings (SSSR count). The molecule has 0 amide bonds. The Hall–Kier alpha value is 0.510. The minimum atomic E-state index is -4.37. The van der Waals surface area contributed by atoms with E-state index in [0.29, 0.717) is 4.73 Å². The van der Waals surface area contributed by atoms with Crippen LogP contribution in [0.15, 0.2) is 21.9 Å². The van der Waals surface area contributed by atoms with Gasteiger partial charge < -0.3 is 29.2 Å². The Balaban J connectivity index is 0.00000242. The summed E-state index contributed by atoms with van der Waals surface area (Å²) in [5, 5.41) is 9.84. The normalized spacial score (nSPS) is 23.7. The van der Waals surface area contributed by atoms with Gasteiger partial charge in [-0.25, -0.2) is 4.79 Å². The fourth-order valence-electron chi connectivity index (χ4n) is 1.59. The van der Waals surface area contributed by atoms with E-state index in [9.17, 15) is 19.3 Å². The molecule has 0 aliphatic carbocycles. The molecule has 0 radical (unpaired) electrons. The number of aliphatic hydroxyl groups is 1. The second kappa shape index (κ2) is 9.85. The number of aliphatic hydroxyl groups excluding tert-OH is 1. The van der Waals surface area contributed by atoms with Crippen LogP contribution in [-0.2, 0) is 14.0 Å². The van der Waals surface area contributed by atoms with Crippen LogP contribution in [0.2, 0.25) is 0 Å². The number of H-pyrrole nitrogens is 1. The Bertz CT molecular complexity index is 659. The molecule has 2 heterocycles. The second-order valence-electron chi connectivity index (χ2n) is 4.23. The van der Waals surface area contributed by atoms with Gasteiger partial charge in [0.15, 0.2) is 0 Å². The third kappa shape index (κ3) is 7.10. The first-order valence-electron chi connectivity index (χ1n) is 5.71. The molecule has 1 unspecified atom stereocenters. The van der Waals surface area contributed by atoms with Crippen LogP contribution in [-0.4, -0.2) is 115 Å². The molecule has 122 valence electrons. The number of hydrogen-bond donors (Lipinski definition) is 4. The van der Waals surface area contributed by atoms with Gasteiger partial charge in [0.1, 0.15) is 18.6 Å². The van der Waals surface area contributed by atoms with Crippen molar-refractivity contribution in [3.05, 3.63) is 33.1 Å². The third-order valence-corrected chi connectivity index (χ3v) is 3.04. The molecule has 14 heteroatoms. The van der Waals surface area contributed by atoms with Crippen LogP contribution in [0.25, 0.3) is 0 Å². The van der Waals surface area contributed by atoms with E-state index < -0.39 is 43.7 Å². The first-order chi connectivity index (χ1) is 9.76. The van der Waals surface area contributed by atoms with E-state index in [1.54, 1.807) is 0 Å². The summed E-state index contributed by atoms with van der Waals surface area (Å²) in [6, 6.07) is 1.03. The van der Waals surface area contributed by atoms with Gasteiger partial charge in [-0.15, -0.1) is 4.73 Å². The summed E-state index contributed by atoms with van der Waals surface area (Å²) in [5.41, 5.74) is -1.48. The number of rotatable bonds is 5. The van der Waals surface area contributed by atoms with Gasteiger partial charge in [-0.1, -0.05) is 0 Å². The third-order valence-electron chi connectivity index (χ3n) is 2.55. The van der Waals surface area contributed by atoms with Crippen molar-refractivity contribution in [1.82, 2.24) is 9.71 Å². The Morgan fingerprint density at radius 3 is 2.61 bits per heavy atom. The maximum atomic E-state index is 11.4. The predicted molar refractivity (Wildman–Crippen MR) is 79.7 cm³/mol. The zero-order valence-electron chi connectivity index (χ0n) is 10.5. The number of aromatic nitrogens is 2. The standard InChI is InChI=1S/C9H13N2O9P.2Na.2H/c12-6-1-2-11(9(14)10-6)20-8-7(13)5(3-18-8)19-4-21(15,16)17;;;;/h1-2,5,7-8,13H,3-4H2,(H,10,12,14)(H2,15,16,17);;;;/t5-,7+,8?;;;;/m0..../s1. The van der Waals surface area contributed by atoms with Gasteiger partial charge in [-0.2, -0.15) is 0 Å². The average molecular weight is 372 g/mol. The fourth-order valence-corrected chi connectivity index (χ4v) is 1.98. The molecule has 1 fully saturated rings. The van der Waals surface area contributed by atoms with Gasteiger partial charge in [-0.05, 0) is 0 Å². The SMILES string of the molecule is O=c1ccn(OC2OC[C@H](OCP(=O)(O)O)[C@H]2O)c(=O)[nH]1.[NaH].[NaH]. The van der Waals surface area contributed by atoms with Gasteiger partial charge in [0.05, 0.1) is 12.8 Å². The van der Waals surface area contributed by atoms with Gasteiger partial charge in [-0.3, -0.25) is 14.3 Å². The number of aromatic amines is 1. The molecule has 1 saturated heterocycles. The van der Waals surface area contributed by atoms with E-state index in [-0.39, 0.29) is 65.7 Å². The molecule has 23 heavy (non-hydrogen) atoms. The molecule has 0 bridgehead atoms. The van der Waals surface area contributed by atoms with E-state index in [1.807, 2.05) is 4.98 Å². The van der Waals surface area contributed by atoms with Crippen molar-refractivity contribution in [2.75, 3.05) is 13.0 Å². The minimum absolute atomic E-state index is 0. The van der Waals surface area contributed by atoms with Crippen molar-refractivity contribution in [2.24, 2.45) is 0 Å². The van der Waals surface area contributed by atoms with Crippen LogP contribution < -0.4 is 16.1 Å². The fraction of sp³-hybridized carbons (Fsp3) is 0.556. The summed E-state index contributed by atoms with van der Waals surface area (Å²) in [4.78, 5) is 46.6. The Kier molecular flexibility index (Phi) is 10.1. The molecule has 1 aromatic heterocycles. The summed E-state index contributed by atoms with van der Waals surface area (Å²) in [5.74, 6) is 0. The zero-order valence-corrected chi connectivity index (χ0v) is 11.4. The summed E-state index contributed by atoms with van der Waals surface area (Å²) in [6.45, 7) is -0.177. The summed E-state index contributed by atoms with van der Waals surface area (Å²) >= 11 is 0. The number of nitrogens with one attached hydrogen (secondary N) is 1. The van der Waals surface area contributed by atoms with E-state index in [0.717, 1.165) is 12.3 Å². The maximum absolute atomic E-state index is 11.4. The second-order valence-corrected chi connectivity index (χ2v) is 5.82. The molecule has 3 atom stereocenters. The van der Waals surface area contributed by atoms with E-state index in [4.69, 9.17) is 24.1 Å². The van der Waals surface area contributed by atoms with Crippen molar-refractivity contribution in [1.29, 1.82) is 0 Å². The van der Waals surface area contributed by atoms with Gasteiger partial charge in [0, 0.05) is 6.07 Å². The predicted octanol–water partition coefficient (Wildman–Crippen LogP) is -4.09. The van der Waals surface area contributed by atoms with Crippen molar-refractivity contribution in [3.8, 4) is 0 Å².